The summed E-state index contributed by atoms with van der Waals surface area (Å²) in [4.78, 5) is 0. The van der Waals surface area contributed by atoms with Crippen LogP contribution in [0.1, 0.15) is 16.7 Å². The van der Waals surface area contributed by atoms with Gasteiger partial charge in [0.25, 0.3) is 0 Å². The predicted molar refractivity (Wildman–Crippen MR) is 49.6 cm³/mol. The average Bonchev–Trinajstić information content (AvgIpc) is 2.11. The fraction of sp³-hybridized carbons (Fsp3) is 0.200. The van der Waals surface area contributed by atoms with Crippen molar-refractivity contribution < 1.29 is 0 Å². The molecule has 3 heteroatoms. The van der Waals surface area contributed by atoms with Crippen LogP contribution in [-0.2, 0) is 6.42 Å². The molecule has 0 heterocycles. The number of nitrogens with zero attached hydrogens (tertiary/aromatic N) is 2. The minimum absolute atomic E-state index is 0.297. The van der Waals surface area contributed by atoms with Crippen LogP contribution in [0.4, 0.5) is 5.69 Å². The van der Waals surface area contributed by atoms with Crippen molar-refractivity contribution in [2.75, 3.05) is 5.73 Å². The summed E-state index contributed by atoms with van der Waals surface area (Å²) in [5, 5.41) is 17.3. The van der Waals surface area contributed by atoms with Gasteiger partial charge in [0.2, 0.25) is 0 Å². The molecular weight excluding hydrogens is 162 g/mol. The fourth-order valence-corrected chi connectivity index (χ4v) is 1.18. The fourth-order valence-electron chi connectivity index (χ4n) is 1.18. The van der Waals surface area contributed by atoms with Crippen LogP contribution in [0.3, 0.4) is 0 Å². The molecule has 0 aliphatic carbocycles. The van der Waals surface area contributed by atoms with Crippen LogP contribution in [0, 0.1) is 29.6 Å². The first-order valence-corrected chi connectivity index (χ1v) is 3.85. The van der Waals surface area contributed by atoms with Crippen molar-refractivity contribution in [3.05, 3.63) is 28.8 Å². The van der Waals surface area contributed by atoms with E-state index < -0.39 is 0 Å². The molecule has 0 aliphatic rings. The van der Waals surface area contributed by atoms with E-state index in [1.807, 2.05) is 19.1 Å². The van der Waals surface area contributed by atoms with E-state index in [2.05, 4.69) is 0 Å². The molecule has 0 spiro atoms. The van der Waals surface area contributed by atoms with Gasteiger partial charge in [-0.05, 0) is 30.2 Å². The molecule has 0 aliphatic heterocycles. The van der Waals surface area contributed by atoms with Crippen molar-refractivity contribution in [2.24, 2.45) is 0 Å². The third-order valence-corrected chi connectivity index (χ3v) is 1.93. The second-order valence-electron chi connectivity index (χ2n) is 2.80. The zero-order valence-electron chi connectivity index (χ0n) is 7.33. The smallest absolute Gasteiger partial charge is 0.0995 e. The standard InChI is InChI=1S/C10H9N3/c1-7-8(2-3-11)4-10(13)5-9(7)6-12/h4-5H,2,13H2,1H3. The zero-order chi connectivity index (χ0) is 9.84. The van der Waals surface area contributed by atoms with E-state index in [4.69, 9.17) is 16.3 Å². The lowest BCUT2D eigenvalue weighted by molar-refractivity contribution is 1.20. The molecule has 0 fully saturated rings. The Balaban J connectivity index is 3.31. The summed E-state index contributed by atoms with van der Waals surface area (Å²) in [5.41, 5.74) is 8.33. The van der Waals surface area contributed by atoms with Gasteiger partial charge in [0.15, 0.2) is 0 Å². The number of nitriles is 2. The Bertz CT molecular complexity index is 407. The Morgan fingerprint density at radius 1 is 1.38 bits per heavy atom. The van der Waals surface area contributed by atoms with E-state index in [0.29, 0.717) is 17.7 Å². The van der Waals surface area contributed by atoms with Crippen LogP contribution in [0.5, 0.6) is 0 Å². The number of hydrogen-bond donors (Lipinski definition) is 1. The minimum atomic E-state index is 0.297. The van der Waals surface area contributed by atoms with Crippen molar-refractivity contribution in [3.63, 3.8) is 0 Å². The van der Waals surface area contributed by atoms with Crippen LogP contribution in [0.25, 0.3) is 0 Å². The first kappa shape index (κ1) is 9.09. The number of nitrogens with two attached hydrogens (primary N) is 1. The highest BCUT2D eigenvalue weighted by Gasteiger charge is 2.04. The molecule has 1 rings (SSSR count). The van der Waals surface area contributed by atoms with E-state index in [9.17, 15) is 0 Å². The molecule has 0 aromatic heterocycles. The van der Waals surface area contributed by atoms with Crippen molar-refractivity contribution in [1.29, 1.82) is 10.5 Å². The molecule has 64 valence electrons. The van der Waals surface area contributed by atoms with Crippen LogP contribution in [0.2, 0.25) is 0 Å². The van der Waals surface area contributed by atoms with Crippen LogP contribution < -0.4 is 5.73 Å². The van der Waals surface area contributed by atoms with Gasteiger partial charge in [-0.3, -0.25) is 0 Å². The molecule has 1 aromatic rings. The largest absolute Gasteiger partial charge is 0.399 e. The maximum Gasteiger partial charge on any atom is 0.0995 e. The van der Waals surface area contributed by atoms with Gasteiger partial charge in [-0.15, -0.1) is 0 Å². The molecule has 1 aromatic carbocycles. The third kappa shape index (κ3) is 1.77. The number of hydrogen-bond acceptors (Lipinski definition) is 3. The number of nitrogen functional groups attached to an aromatic ring is 1. The average molecular weight is 171 g/mol. The second kappa shape index (κ2) is 3.60. The highest BCUT2D eigenvalue weighted by atomic mass is 14.5. The molecule has 2 N–H and O–H groups in total. The Hall–Kier alpha value is -2.00. The second-order valence-corrected chi connectivity index (χ2v) is 2.80. The van der Waals surface area contributed by atoms with E-state index in [1.54, 1.807) is 12.1 Å². The Kier molecular flexibility index (Phi) is 2.52. The van der Waals surface area contributed by atoms with E-state index in [-0.39, 0.29) is 0 Å². The monoisotopic (exact) mass is 171 g/mol. The SMILES string of the molecule is Cc1c(C#N)cc(N)cc1CC#N. The molecule has 0 bridgehead atoms. The molecular formula is C10H9N3. The van der Waals surface area contributed by atoms with Gasteiger partial charge in [0.05, 0.1) is 24.1 Å². The first-order chi connectivity index (χ1) is 6.19. The maximum atomic E-state index is 8.75. The summed E-state index contributed by atoms with van der Waals surface area (Å²) < 4.78 is 0. The van der Waals surface area contributed by atoms with Crippen molar-refractivity contribution in [1.82, 2.24) is 0 Å². The molecule has 13 heavy (non-hydrogen) atoms. The van der Waals surface area contributed by atoms with Crippen LogP contribution in [0.15, 0.2) is 12.1 Å². The first-order valence-electron chi connectivity index (χ1n) is 3.85. The number of anilines is 1. The topological polar surface area (TPSA) is 73.6 Å². The van der Waals surface area contributed by atoms with Crippen molar-refractivity contribution >= 4 is 5.69 Å². The molecule has 0 atom stereocenters. The molecule has 0 saturated carbocycles. The maximum absolute atomic E-state index is 8.75. The highest BCUT2D eigenvalue weighted by molar-refractivity contribution is 5.54. The molecule has 0 radical (unpaired) electrons. The molecule has 0 unspecified atom stereocenters. The van der Waals surface area contributed by atoms with Gasteiger partial charge in [0, 0.05) is 5.69 Å². The van der Waals surface area contributed by atoms with Gasteiger partial charge < -0.3 is 5.73 Å². The summed E-state index contributed by atoms with van der Waals surface area (Å²) in [6.07, 6.45) is 0.297. The minimum Gasteiger partial charge on any atom is -0.399 e. The lowest BCUT2D eigenvalue weighted by Crippen LogP contribution is -1.95. The normalized spacial score (nSPS) is 8.85. The van der Waals surface area contributed by atoms with Crippen LogP contribution in [-0.4, -0.2) is 0 Å². The van der Waals surface area contributed by atoms with E-state index >= 15 is 0 Å². The Labute approximate surface area is 77.0 Å². The number of rotatable bonds is 1. The third-order valence-electron chi connectivity index (χ3n) is 1.93. The van der Waals surface area contributed by atoms with Crippen LogP contribution >= 0.6 is 0 Å². The van der Waals surface area contributed by atoms with E-state index in [1.165, 1.54) is 0 Å². The summed E-state index contributed by atoms with van der Waals surface area (Å²) in [6, 6.07) is 7.44. The quantitative estimate of drug-likeness (QED) is 0.651. The number of benzene rings is 1. The summed E-state index contributed by atoms with van der Waals surface area (Å²) in [6.45, 7) is 1.82. The van der Waals surface area contributed by atoms with E-state index in [0.717, 1.165) is 11.1 Å². The lowest BCUT2D eigenvalue weighted by Gasteiger charge is -2.04. The van der Waals surface area contributed by atoms with Gasteiger partial charge in [-0.25, -0.2) is 0 Å². The van der Waals surface area contributed by atoms with Gasteiger partial charge in [-0.2, -0.15) is 10.5 Å². The summed E-state index contributed by atoms with van der Waals surface area (Å²) in [7, 11) is 0. The van der Waals surface area contributed by atoms with Crippen molar-refractivity contribution in [3.8, 4) is 12.1 Å². The summed E-state index contributed by atoms with van der Waals surface area (Å²) >= 11 is 0. The molecule has 0 amide bonds. The molecule has 0 saturated heterocycles. The highest BCUT2D eigenvalue weighted by Crippen LogP contribution is 2.17. The van der Waals surface area contributed by atoms with Gasteiger partial charge >= 0.3 is 0 Å². The van der Waals surface area contributed by atoms with Crippen molar-refractivity contribution in [2.45, 2.75) is 13.3 Å². The van der Waals surface area contributed by atoms with Gasteiger partial charge in [-0.1, -0.05) is 0 Å². The lowest BCUT2D eigenvalue weighted by atomic mass is 10.0. The molecule has 3 nitrogen and oxygen atoms in total. The Morgan fingerprint density at radius 3 is 2.62 bits per heavy atom. The summed E-state index contributed by atoms with van der Waals surface area (Å²) in [5.74, 6) is 0. The zero-order valence-corrected chi connectivity index (χ0v) is 7.33. The van der Waals surface area contributed by atoms with Gasteiger partial charge in [0.1, 0.15) is 0 Å². The predicted octanol–water partition coefficient (Wildman–Crippen LogP) is 1.51. The Morgan fingerprint density at radius 2 is 2.08 bits per heavy atom.